The van der Waals surface area contributed by atoms with Crippen molar-refractivity contribution in [1.82, 2.24) is 0 Å². The molecular weight excluding hydrogens is 216 g/mol. The predicted molar refractivity (Wildman–Crippen MR) is 80.8 cm³/mol. The molecule has 1 aromatic rings. The highest BCUT2D eigenvalue weighted by Crippen LogP contribution is 2.35. The summed E-state index contributed by atoms with van der Waals surface area (Å²) in [5, 5.41) is 0. The molecule has 0 bridgehead atoms. The summed E-state index contributed by atoms with van der Waals surface area (Å²) >= 11 is 0. The molecule has 0 N–H and O–H groups in total. The average molecular weight is 242 g/mol. The summed E-state index contributed by atoms with van der Waals surface area (Å²) in [6, 6.07) is 9.17. The van der Waals surface area contributed by atoms with Gasteiger partial charge >= 0.3 is 0 Å². The molecule has 0 radical (unpaired) electrons. The van der Waals surface area contributed by atoms with Gasteiger partial charge in [-0.25, -0.2) is 0 Å². The second-order valence-electron chi connectivity index (χ2n) is 6.69. The highest BCUT2D eigenvalue weighted by molar-refractivity contribution is 5.67. The molecule has 0 saturated heterocycles. The molecule has 18 heavy (non-hydrogen) atoms. The molecule has 98 valence electrons. The maximum atomic E-state index is 4.24. The largest absolute Gasteiger partial charge is 0.0947 e. The quantitative estimate of drug-likeness (QED) is 0.615. The fraction of sp³-hybridized carbons (Fsp3) is 0.556. The third kappa shape index (κ3) is 3.04. The van der Waals surface area contributed by atoms with E-state index in [4.69, 9.17) is 0 Å². The number of hydrogen-bond donors (Lipinski definition) is 0. The minimum absolute atomic E-state index is 0.159. The second kappa shape index (κ2) is 5.30. The Labute approximate surface area is 112 Å². The first kappa shape index (κ1) is 13.4. The first-order chi connectivity index (χ1) is 8.48. The summed E-state index contributed by atoms with van der Waals surface area (Å²) in [4.78, 5) is 0. The summed E-state index contributed by atoms with van der Waals surface area (Å²) in [7, 11) is 0. The summed E-state index contributed by atoms with van der Waals surface area (Å²) in [5.41, 5.74) is 4.21. The fourth-order valence-corrected chi connectivity index (χ4v) is 2.83. The van der Waals surface area contributed by atoms with Crippen LogP contribution in [0.15, 0.2) is 30.8 Å². The van der Waals surface area contributed by atoms with Gasteiger partial charge in [0, 0.05) is 0 Å². The van der Waals surface area contributed by atoms with Gasteiger partial charge in [0.2, 0.25) is 0 Å². The van der Waals surface area contributed by atoms with Crippen LogP contribution in [0.1, 0.15) is 69.9 Å². The molecule has 0 nitrogen and oxygen atoms in total. The SMILES string of the molecule is C=C(c1ccc(C2CCCCC2)cc1)C(C)(C)C. The van der Waals surface area contributed by atoms with E-state index in [-0.39, 0.29) is 5.41 Å². The average Bonchev–Trinajstić information content (AvgIpc) is 2.38. The van der Waals surface area contributed by atoms with Gasteiger partial charge in [0.05, 0.1) is 0 Å². The topological polar surface area (TPSA) is 0 Å². The van der Waals surface area contributed by atoms with Crippen LogP contribution in [0.25, 0.3) is 5.57 Å². The van der Waals surface area contributed by atoms with Gasteiger partial charge in [0.25, 0.3) is 0 Å². The third-order valence-electron chi connectivity index (χ3n) is 4.24. The van der Waals surface area contributed by atoms with Crippen molar-refractivity contribution in [2.75, 3.05) is 0 Å². The van der Waals surface area contributed by atoms with Gasteiger partial charge < -0.3 is 0 Å². The first-order valence-corrected chi connectivity index (χ1v) is 7.28. The lowest BCUT2D eigenvalue weighted by atomic mass is 9.81. The second-order valence-corrected chi connectivity index (χ2v) is 6.69. The van der Waals surface area contributed by atoms with Gasteiger partial charge in [-0.2, -0.15) is 0 Å². The molecule has 1 aliphatic carbocycles. The first-order valence-electron chi connectivity index (χ1n) is 7.28. The highest BCUT2D eigenvalue weighted by atomic mass is 14.2. The minimum Gasteiger partial charge on any atom is -0.0947 e. The summed E-state index contributed by atoms with van der Waals surface area (Å²) in [6.45, 7) is 10.9. The molecule has 0 atom stereocenters. The van der Waals surface area contributed by atoms with E-state index in [0.29, 0.717) is 0 Å². The number of rotatable bonds is 2. The zero-order valence-corrected chi connectivity index (χ0v) is 12.1. The standard InChI is InChI=1S/C18H26/c1-14(18(2,3)4)15-10-12-17(13-11-15)16-8-6-5-7-9-16/h10-13,16H,1,5-9H2,2-4H3. The van der Waals surface area contributed by atoms with E-state index in [2.05, 4.69) is 51.6 Å². The van der Waals surface area contributed by atoms with Crippen LogP contribution in [0.5, 0.6) is 0 Å². The third-order valence-corrected chi connectivity index (χ3v) is 4.24. The molecule has 1 aliphatic rings. The maximum Gasteiger partial charge on any atom is -0.0132 e. The van der Waals surface area contributed by atoms with Crippen LogP contribution < -0.4 is 0 Å². The van der Waals surface area contributed by atoms with Gasteiger partial charge in [0.1, 0.15) is 0 Å². The van der Waals surface area contributed by atoms with Crippen LogP contribution in [0.2, 0.25) is 0 Å². The van der Waals surface area contributed by atoms with E-state index in [1.807, 2.05) is 0 Å². The maximum absolute atomic E-state index is 4.24. The molecule has 2 rings (SSSR count). The fourth-order valence-electron chi connectivity index (χ4n) is 2.83. The van der Waals surface area contributed by atoms with Crippen LogP contribution in [-0.4, -0.2) is 0 Å². The molecule has 0 unspecified atom stereocenters. The smallest absolute Gasteiger partial charge is 0.0132 e. The Balaban J connectivity index is 2.12. The molecule has 0 aromatic heterocycles. The van der Waals surface area contributed by atoms with Crippen molar-refractivity contribution in [2.24, 2.45) is 5.41 Å². The van der Waals surface area contributed by atoms with Gasteiger partial charge in [-0.15, -0.1) is 0 Å². The molecule has 1 aromatic carbocycles. The van der Waals surface area contributed by atoms with Crippen molar-refractivity contribution in [3.63, 3.8) is 0 Å². The summed E-state index contributed by atoms with van der Waals surface area (Å²) < 4.78 is 0. The Morgan fingerprint density at radius 3 is 2.06 bits per heavy atom. The van der Waals surface area contributed by atoms with E-state index < -0.39 is 0 Å². The van der Waals surface area contributed by atoms with E-state index >= 15 is 0 Å². The van der Waals surface area contributed by atoms with Crippen molar-refractivity contribution < 1.29 is 0 Å². The Morgan fingerprint density at radius 2 is 1.56 bits per heavy atom. The number of benzene rings is 1. The summed E-state index contributed by atoms with van der Waals surface area (Å²) in [5.74, 6) is 0.802. The number of hydrogen-bond acceptors (Lipinski definition) is 0. The van der Waals surface area contributed by atoms with E-state index in [0.717, 1.165) is 5.92 Å². The lowest BCUT2D eigenvalue weighted by Crippen LogP contribution is -2.08. The van der Waals surface area contributed by atoms with Crippen molar-refractivity contribution in [3.05, 3.63) is 42.0 Å². The van der Waals surface area contributed by atoms with E-state index in [1.165, 1.54) is 48.8 Å². The van der Waals surface area contributed by atoms with Crippen LogP contribution >= 0.6 is 0 Å². The Kier molecular flexibility index (Phi) is 3.94. The van der Waals surface area contributed by atoms with E-state index in [1.54, 1.807) is 0 Å². The van der Waals surface area contributed by atoms with Crippen molar-refractivity contribution >= 4 is 5.57 Å². The van der Waals surface area contributed by atoms with Gasteiger partial charge in [-0.05, 0) is 40.9 Å². The zero-order chi connectivity index (χ0) is 13.2. The molecule has 0 amide bonds. The monoisotopic (exact) mass is 242 g/mol. The summed E-state index contributed by atoms with van der Waals surface area (Å²) in [6.07, 6.45) is 6.98. The molecular formula is C18H26. The zero-order valence-electron chi connectivity index (χ0n) is 12.1. The van der Waals surface area contributed by atoms with Crippen LogP contribution in [0.3, 0.4) is 0 Å². The van der Waals surface area contributed by atoms with Gasteiger partial charge in [-0.1, -0.05) is 70.9 Å². The van der Waals surface area contributed by atoms with Crippen molar-refractivity contribution in [2.45, 2.75) is 58.8 Å². The molecule has 0 spiro atoms. The van der Waals surface area contributed by atoms with Crippen molar-refractivity contribution in [3.8, 4) is 0 Å². The van der Waals surface area contributed by atoms with E-state index in [9.17, 15) is 0 Å². The van der Waals surface area contributed by atoms with Gasteiger partial charge in [0.15, 0.2) is 0 Å². The molecule has 1 saturated carbocycles. The number of allylic oxidation sites excluding steroid dienone is 1. The lowest BCUT2D eigenvalue weighted by Gasteiger charge is -2.24. The van der Waals surface area contributed by atoms with Crippen LogP contribution in [0.4, 0.5) is 0 Å². The molecule has 0 heteroatoms. The van der Waals surface area contributed by atoms with Crippen molar-refractivity contribution in [1.29, 1.82) is 0 Å². The lowest BCUT2D eigenvalue weighted by molar-refractivity contribution is 0.443. The predicted octanol–water partition coefficient (Wildman–Crippen LogP) is 5.79. The normalized spacial score (nSPS) is 17.7. The molecule has 1 fully saturated rings. The Hall–Kier alpha value is -1.04. The Morgan fingerprint density at radius 1 is 1.00 bits per heavy atom. The molecule has 0 aliphatic heterocycles. The van der Waals surface area contributed by atoms with Crippen LogP contribution in [0, 0.1) is 5.41 Å². The minimum atomic E-state index is 0.159. The van der Waals surface area contributed by atoms with Crippen LogP contribution in [-0.2, 0) is 0 Å². The highest BCUT2D eigenvalue weighted by Gasteiger charge is 2.18. The molecule has 0 heterocycles. The Bertz CT molecular complexity index is 397. The van der Waals surface area contributed by atoms with Gasteiger partial charge in [-0.3, -0.25) is 0 Å².